The number of rotatable bonds is 7. The van der Waals surface area contributed by atoms with Crippen LogP contribution in [0.2, 0.25) is 0 Å². The summed E-state index contributed by atoms with van der Waals surface area (Å²) in [4.78, 5) is 38.5. The van der Waals surface area contributed by atoms with E-state index in [2.05, 4.69) is 5.32 Å². The molecule has 1 aliphatic heterocycles. The van der Waals surface area contributed by atoms with E-state index in [-0.39, 0.29) is 30.2 Å². The topological polar surface area (TPSA) is 90.9 Å². The lowest BCUT2D eigenvalue weighted by molar-refractivity contribution is -0.129. The van der Waals surface area contributed by atoms with E-state index in [1.807, 2.05) is 26.0 Å². The largest absolute Gasteiger partial charge is 0.454 e. The first-order valence-electron chi connectivity index (χ1n) is 10.9. The number of esters is 1. The molecule has 0 bridgehead atoms. The number of hydrogen-bond acceptors (Lipinski definition) is 6. The molecule has 0 aliphatic carbocycles. The van der Waals surface area contributed by atoms with Gasteiger partial charge in [0.25, 0.3) is 5.91 Å². The molecule has 4 rings (SSSR count). The van der Waals surface area contributed by atoms with Crippen LogP contribution in [0.1, 0.15) is 49.9 Å². The van der Waals surface area contributed by atoms with Crippen molar-refractivity contribution in [1.82, 2.24) is 5.32 Å². The van der Waals surface area contributed by atoms with Crippen LogP contribution in [0, 0.1) is 13.8 Å². The smallest absolute Gasteiger partial charge is 0.339 e. The summed E-state index contributed by atoms with van der Waals surface area (Å²) in [5.74, 6) is -0.194. The van der Waals surface area contributed by atoms with Gasteiger partial charge in [0, 0.05) is 17.7 Å². The van der Waals surface area contributed by atoms with Crippen LogP contribution in [-0.2, 0) is 16.1 Å². The van der Waals surface area contributed by atoms with Crippen molar-refractivity contribution in [3.8, 4) is 11.5 Å². The highest BCUT2D eigenvalue weighted by Crippen LogP contribution is 2.32. The molecule has 7 heteroatoms. The van der Waals surface area contributed by atoms with E-state index in [1.165, 1.54) is 13.0 Å². The van der Waals surface area contributed by atoms with Gasteiger partial charge in [0.15, 0.2) is 23.4 Å². The Morgan fingerprint density at radius 2 is 1.65 bits per heavy atom. The number of aryl methyl sites for hydroxylation is 2. The minimum absolute atomic E-state index is 0.112. The zero-order valence-corrected chi connectivity index (χ0v) is 19.2. The van der Waals surface area contributed by atoms with Gasteiger partial charge in [0.05, 0.1) is 5.56 Å². The van der Waals surface area contributed by atoms with Gasteiger partial charge >= 0.3 is 5.97 Å². The minimum atomic E-state index is -1.05. The molecular weight excluding hydrogens is 434 g/mol. The van der Waals surface area contributed by atoms with Crippen LogP contribution in [-0.4, -0.2) is 30.6 Å². The number of ether oxygens (including phenoxy) is 3. The van der Waals surface area contributed by atoms with E-state index in [0.717, 1.165) is 16.7 Å². The standard InChI is InChI=1S/C27H25NO6/c1-16-8-10-20(12-17(16)2)25(29)21-6-4-5-7-22(21)27(31)34-18(3)26(30)28-14-19-9-11-23-24(13-19)33-15-32-23/h4-13,18H,14-15H2,1-3H3,(H,28,30)/t18-/m1/s1. The third kappa shape index (κ3) is 4.93. The van der Waals surface area contributed by atoms with E-state index in [9.17, 15) is 14.4 Å². The van der Waals surface area contributed by atoms with E-state index in [1.54, 1.807) is 42.5 Å². The fraction of sp³-hybridized carbons (Fsp3) is 0.222. The van der Waals surface area contributed by atoms with Crippen LogP contribution in [0.5, 0.6) is 11.5 Å². The normalized spacial score (nSPS) is 12.7. The summed E-state index contributed by atoms with van der Waals surface area (Å²) in [5, 5.41) is 2.74. The second kappa shape index (κ2) is 9.79. The molecule has 1 amide bonds. The third-order valence-electron chi connectivity index (χ3n) is 5.72. The highest BCUT2D eigenvalue weighted by molar-refractivity contribution is 6.14. The van der Waals surface area contributed by atoms with Gasteiger partial charge in [-0.1, -0.05) is 36.4 Å². The summed E-state index contributed by atoms with van der Waals surface area (Å²) in [6, 6.07) is 17.2. The summed E-state index contributed by atoms with van der Waals surface area (Å²) in [6.07, 6.45) is -1.05. The lowest BCUT2D eigenvalue weighted by atomic mass is 9.96. The molecule has 3 aromatic rings. The first-order chi connectivity index (χ1) is 16.3. The molecule has 0 aromatic heterocycles. The Morgan fingerprint density at radius 1 is 0.912 bits per heavy atom. The monoisotopic (exact) mass is 459 g/mol. The maximum absolute atomic E-state index is 13.1. The fourth-order valence-electron chi connectivity index (χ4n) is 3.56. The van der Waals surface area contributed by atoms with Crippen molar-refractivity contribution < 1.29 is 28.6 Å². The maximum Gasteiger partial charge on any atom is 0.339 e. The van der Waals surface area contributed by atoms with Gasteiger partial charge in [-0.05, 0) is 61.7 Å². The quantitative estimate of drug-likeness (QED) is 0.422. The van der Waals surface area contributed by atoms with Crippen molar-refractivity contribution in [2.75, 3.05) is 6.79 Å². The zero-order valence-electron chi connectivity index (χ0n) is 19.2. The Morgan fingerprint density at radius 3 is 2.41 bits per heavy atom. The van der Waals surface area contributed by atoms with E-state index in [0.29, 0.717) is 17.1 Å². The average Bonchev–Trinajstić information content (AvgIpc) is 3.31. The molecule has 7 nitrogen and oxygen atoms in total. The molecular formula is C27H25NO6. The highest BCUT2D eigenvalue weighted by atomic mass is 16.7. The molecule has 0 saturated carbocycles. The molecule has 1 heterocycles. The molecule has 0 unspecified atom stereocenters. The van der Waals surface area contributed by atoms with Gasteiger partial charge in [-0.3, -0.25) is 9.59 Å². The molecule has 1 aliphatic rings. The molecule has 1 N–H and O–H groups in total. The fourth-order valence-corrected chi connectivity index (χ4v) is 3.56. The van der Waals surface area contributed by atoms with E-state index in [4.69, 9.17) is 14.2 Å². The summed E-state index contributed by atoms with van der Waals surface area (Å²) in [6.45, 7) is 5.79. The van der Waals surface area contributed by atoms with Crippen molar-refractivity contribution in [2.24, 2.45) is 0 Å². The van der Waals surface area contributed by atoms with Crippen LogP contribution in [0.4, 0.5) is 0 Å². The number of fused-ring (bicyclic) bond motifs is 1. The highest BCUT2D eigenvalue weighted by Gasteiger charge is 2.24. The molecule has 0 saturated heterocycles. The maximum atomic E-state index is 13.1. The van der Waals surface area contributed by atoms with Crippen LogP contribution in [0.15, 0.2) is 60.7 Å². The lowest BCUT2D eigenvalue weighted by Crippen LogP contribution is -2.35. The number of nitrogens with one attached hydrogen (secondary N) is 1. The summed E-state index contributed by atoms with van der Waals surface area (Å²) >= 11 is 0. The van der Waals surface area contributed by atoms with E-state index >= 15 is 0 Å². The van der Waals surface area contributed by atoms with Crippen LogP contribution >= 0.6 is 0 Å². The van der Waals surface area contributed by atoms with Crippen molar-refractivity contribution in [3.05, 3.63) is 94.0 Å². The SMILES string of the molecule is Cc1ccc(C(=O)c2ccccc2C(=O)O[C@H](C)C(=O)NCc2ccc3c(c2)OCO3)cc1C. The number of benzene rings is 3. The Balaban J connectivity index is 1.41. The third-order valence-corrected chi connectivity index (χ3v) is 5.72. The first kappa shape index (κ1) is 23.0. The Bertz CT molecular complexity index is 1270. The summed E-state index contributed by atoms with van der Waals surface area (Å²) in [5.41, 5.74) is 3.70. The minimum Gasteiger partial charge on any atom is -0.454 e. The molecule has 34 heavy (non-hydrogen) atoms. The molecule has 3 aromatic carbocycles. The number of hydrogen-bond donors (Lipinski definition) is 1. The second-order valence-corrected chi connectivity index (χ2v) is 8.13. The first-order valence-corrected chi connectivity index (χ1v) is 10.9. The van der Waals surface area contributed by atoms with Crippen LogP contribution in [0.25, 0.3) is 0 Å². The second-order valence-electron chi connectivity index (χ2n) is 8.13. The molecule has 0 radical (unpaired) electrons. The van der Waals surface area contributed by atoms with Gasteiger partial charge < -0.3 is 19.5 Å². The van der Waals surface area contributed by atoms with Crippen molar-refractivity contribution in [2.45, 2.75) is 33.4 Å². The molecule has 0 spiro atoms. The average molecular weight is 459 g/mol. The van der Waals surface area contributed by atoms with E-state index < -0.39 is 18.0 Å². The van der Waals surface area contributed by atoms with Gasteiger partial charge in [-0.15, -0.1) is 0 Å². The van der Waals surface area contributed by atoms with Gasteiger partial charge in [-0.25, -0.2) is 4.79 Å². The lowest BCUT2D eigenvalue weighted by Gasteiger charge is -2.15. The van der Waals surface area contributed by atoms with Crippen molar-refractivity contribution in [1.29, 1.82) is 0 Å². The predicted octanol–water partition coefficient (Wildman–Crippen LogP) is 4.12. The van der Waals surface area contributed by atoms with Crippen LogP contribution < -0.4 is 14.8 Å². The van der Waals surface area contributed by atoms with Gasteiger partial charge in [-0.2, -0.15) is 0 Å². The van der Waals surface area contributed by atoms with Gasteiger partial charge in [0.1, 0.15) is 0 Å². The van der Waals surface area contributed by atoms with Crippen molar-refractivity contribution in [3.63, 3.8) is 0 Å². The Hall–Kier alpha value is -4.13. The number of ketones is 1. The summed E-state index contributed by atoms with van der Waals surface area (Å²) in [7, 11) is 0. The van der Waals surface area contributed by atoms with Gasteiger partial charge in [0.2, 0.25) is 6.79 Å². The zero-order chi connectivity index (χ0) is 24.2. The number of amides is 1. The molecule has 1 atom stereocenters. The Kier molecular flexibility index (Phi) is 6.63. The molecule has 174 valence electrons. The number of carbonyl (C=O) groups is 3. The van der Waals surface area contributed by atoms with Crippen LogP contribution in [0.3, 0.4) is 0 Å². The number of carbonyl (C=O) groups excluding carboxylic acids is 3. The van der Waals surface area contributed by atoms with Crippen molar-refractivity contribution >= 4 is 17.7 Å². The predicted molar refractivity (Wildman–Crippen MR) is 125 cm³/mol. The summed E-state index contributed by atoms with van der Waals surface area (Å²) < 4.78 is 16.0. The molecule has 0 fully saturated rings. The Labute approximate surface area is 197 Å².